The number of methoxy groups -OCH3 is 1. The van der Waals surface area contributed by atoms with Crippen LogP contribution in [0.3, 0.4) is 0 Å². The maximum Gasteiger partial charge on any atom is 0.311 e. The number of nitrogens with zero attached hydrogens (tertiary/aromatic N) is 2. The highest BCUT2D eigenvalue weighted by atomic mass is 32.1. The van der Waals surface area contributed by atoms with Crippen LogP contribution in [0.15, 0.2) is 52.9 Å². The summed E-state index contributed by atoms with van der Waals surface area (Å²) in [7, 11) is 1.64. The van der Waals surface area contributed by atoms with E-state index in [2.05, 4.69) is 41.5 Å². The van der Waals surface area contributed by atoms with E-state index in [4.69, 9.17) is 14.2 Å². The Hall–Kier alpha value is -3.39. The van der Waals surface area contributed by atoms with Crippen molar-refractivity contribution in [2.24, 2.45) is 5.10 Å². The van der Waals surface area contributed by atoms with Crippen LogP contribution in [-0.2, 0) is 22.6 Å². The molecule has 0 bridgehead atoms. The van der Waals surface area contributed by atoms with Crippen LogP contribution in [0, 0.1) is 0 Å². The van der Waals surface area contributed by atoms with Gasteiger partial charge in [0.05, 0.1) is 32.0 Å². The minimum absolute atomic E-state index is 0.151. The van der Waals surface area contributed by atoms with Crippen molar-refractivity contribution in [3.63, 3.8) is 0 Å². The summed E-state index contributed by atoms with van der Waals surface area (Å²) in [5.41, 5.74) is 6.64. The number of aromatic nitrogens is 1. The molecule has 3 rings (SSSR count). The minimum Gasteiger partial charge on any atom is -0.496 e. The molecule has 1 heterocycles. The molecule has 7 nitrogen and oxygen atoms in total. The van der Waals surface area contributed by atoms with Crippen LogP contribution in [-0.4, -0.2) is 30.9 Å². The molecule has 174 valence electrons. The van der Waals surface area contributed by atoms with Crippen molar-refractivity contribution < 1.29 is 19.0 Å². The van der Waals surface area contributed by atoms with Gasteiger partial charge < -0.3 is 14.2 Å². The topological polar surface area (TPSA) is 82.0 Å². The Morgan fingerprint density at radius 2 is 2.00 bits per heavy atom. The van der Waals surface area contributed by atoms with Gasteiger partial charge in [-0.15, -0.1) is 11.3 Å². The van der Waals surface area contributed by atoms with Crippen molar-refractivity contribution in [3.05, 3.63) is 70.2 Å². The Labute approximate surface area is 198 Å². The average Bonchev–Trinajstić information content (AvgIpc) is 3.25. The van der Waals surface area contributed by atoms with E-state index < -0.39 is 0 Å². The number of ether oxygens (including phenoxy) is 3. The predicted octanol–water partition coefficient (Wildman–Crippen LogP) is 5.41. The summed E-state index contributed by atoms with van der Waals surface area (Å²) in [5.74, 6) is 1.76. The highest BCUT2D eigenvalue weighted by molar-refractivity contribution is 7.13. The summed E-state index contributed by atoms with van der Waals surface area (Å²) >= 11 is 1.38. The third kappa shape index (κ3) is 7.32. The van der Waals surface area contributed by atoms with Gasteiger partial charge in [-0.3, -0.25) is 10.2 Å². The number of hydrazone groups is 1. The highest BCUT2D eigenvalue weighted by Crippen LogP contribution is 2.23. The summed E-state index contributed by atoms with van der Waals surface area (Å²) in [6.45, 7) is 6.85. The van der Waals surface area contributed by atoms with E-state index in [9.17, 15) is 4.79 Å². The van der Waals surface area contributed by atoms with Gasteiger partial charge in [0.25, 0.3) is 0 Å². The Balaban J connectivity index is 1.60. The summed E-state index contributed by atoms with van der Waals surface area (Å²) in [5, 5.41) is 6.67. The smallest absolute Gasteiger partial charge is 0.311 e. The van der Waals surface area contributed by atoms with Gasteiger partial charge >= 0.3 is 5.97 Å². The van der Waals surface area contributed by atoms with Crippen molar-refractivity contribution in [2.75, 3.05) is 19.1 Å². The van der Waals surface area contributed by atoms with Crippen LogP contribution in [0.4, 0.5) is 5.13 Å². The number of anilines is 1. The van der Waals surface area contributed by atoms with Gasteiger partial charge in [0.15, 0.2) is 0 Å². The lowest BCUT2D eigenvalue weighted by Crippen LogP contribution is -2.07. The number of esters is 1. The number of carbonyl (C=O) groups excluding carboxylic acids is 1. The second kappa shape index (κ2) is 12.0. The summed E-state index contributed by atoms with van der Waals surface area (Å²) in [6, 6.07) is 13.9. The number of thiazole rings is 1. The number of hydrogen-bond donors (Lipinski definition) is 1. The lowest BCUT2D eigenvalue weighted by molar-refractivity contribution is -0.142. The van der Waals surface area contributed by atoms with E-state index in [1.807, 2.05) is 35.7 Å². The summed E-state index contributed by atoms with van der Waals surface area (Å²) in [6.07, 6.45) is 1.85. The molecular formula is C25H29N3O4S. The Morgan fingerprint density at radius 1 is 1.21 bits per heavy atom. The number of benzene rings is 2. The molecule has 0 radical (unpaired) electrons. The quantitative estimate of drug-likeness (QED) is 0.231. The van der Waals surface area contributed by atoms with Gasteiger partial charge in [0.1, 0.15) is 18.1 Å². The van der Waals surface area contributed by atoms with Crippen molar-refractivity contribution in [3.8, 4) is 11.5 Å². The van der Waals surface area contributed by atoms with Crippen LogP contribution >= 0.6 is 11.3 Å². The van der Waals surface area contributed by atoms with Crippen LogP contribution in [0.5, 0.6) is 11.5 Å². The largest absolute Gasteiger partial charge is 0.496 e. The normalized spacial score (nSPS) is 11.1. The first kappa shape index (κ1) is 24.3. The zero-order chi connectivity index (χ0) is 23.6. The first-order valence-corrected chi connectivity index (χ1v) is 11.6. The third-order valence-corrected chi connectivity index (χ3v) is 5.60. The third-order valence-electron chi connectivity index (χ3n) is 4.80. The zero-order valence-electron chi connectivity index (χ0n) is 19.3. The molecule has 0 atom stereocenters. The molecule has 0 aliphatic rings. The van der Waals surface area contributed by atoms with E-state index in [0.717, 1.165) is 22.6 Å². The van der Waals surface area contributed by atoms with Crippen LogP contribution in [0.1, 0.15) is 49.1 Å². The maximum absolute atomic E-state index is 11.6. The van der Waals surface area contributed by atoms with E-state index in [0.29, 0.717) is 30.0 Å². The predicted molar refractivity (Wildman–Crippen MR) is 132 cm³/mol. The molecule has 0 aliphatic heterocycles. The number of hydrogen-bond acceptors (Lipinski definition) is 8. The molecule has 0 saturated heterocycles. The van der Waals surface area contributed by atoms with Crippen LogP contribution in [0.2, 0.25) is 0 Å². The van der Waals surface area contributed by atoms with Gasteiger partial charge in [-0.05, 0) is 54.3 Å². The molecule has 0 unspecified atom stereocenters. The Morgan fingerprint density at radius 3 is 2.70 bits per heavy atom. The van der Waals surface area contributed by atoms with Crippen LogP contribution in [0.25, 0.3) is 0 Å². The molecule has 1 N–H and O–H groups in total. The molecule has 33 heavy (non-hydrogen) atoms. The summed E-state index contributed by atoms with van der Waals surface area (Å²) in [4.78, 5) is 15.9. The van der Waals surface area contributed by atoms with Gasteiger partial charge in [-0.25, -0.2) is 4.98 Å². The fourth-order valence-electron chi connectivity index (χ4n) is 3.06. The van der Waals surface area contributed by atoms with Gasteiger partial charge in [-0.1, -0.05) is 26.0 Å². The Kier molecular flexibility index (Phi) is 8.83. The zero-order valence-corrected chi connectivity index (χ0v) is 20.1. The second-order valence-corrected chi connectivity index (χ2v) is 8.44. The van der Waals surface area contributed by atoms with Crippen molar-refractivity contribution >= 4 is 28.7 Å². The monoisotopic (exact) mass is 467 g/mol. The molecule has 1 aromatic heterocycles. The van der Waals surface area contributed by atoms with Crippen LogP contribution < -0.4 is 14.9 Å². The maximum atomic E-state index is 11.6. The minimum atomic E-state index is -0.290. The first-order valence-electron chi connectivity index (χ1n) is 10.8. The number of nitrogens with one attached hydrogen (secondary N) is 1. The van der Waals surface area contributed by atoms with Gasteiger partial charge in [0.2, 0.25) is 5.13 Å². The van der Waals surface area contributed by atoms with E-state index in [1.54, 1.807) is 20.2 Å². The number of carbonyl (C=O) groups is 1. The molecule has 3 aromatic rings. The standard InChI is InChI=1S/C25H29N3O4S/c1-5-31-24(29)13-21-16-33-25(27-21)28-26-14-18-6-11-23(30-4)20(12-18)15-32-22-9-7-19(8-10-22)17(2)3/h6-12,14,16-17H,5,13,15H2,1-4H3,(H,27,28). The van der Waals surface area contributed by atoms with E-state index in [1.165, 1.54) is 16.9 Å². The molecule has 8 heteroatoms. The lowest BCUT2D eigenvalue weighted by Gasteiger charge is -2.12. The molecule has 0 aliphatic carbocycles. The van der Waals surface area contributed by atoms with Crippen molar-refractivity contribution in [2.45, 2.75) is 39.7 Å². The SMILES string of the molecule is CCOC(=O)Cc1csc(NN=Cc2ccc(OC)c(COc3ccc(C(C)C)cc3)c2)n1. The molecule has 0 saturated carbocycles. The number of rotatable bonds is 11. The van der Waals surface area contributed by atoms with Gasteiger partial charge in [0, 0.05) is 10.9 Å². The van der Waals surface area contributed by atoms with E-state index in [-0.39, 0.29) is 12.4 Å². The van der Waals surface area contributed by atoms with Gasteiger partial charge in [-0.2, -0.15) is 5.10 Å². The molecule has 0 fully saturated rings. The lowest BCUT2D eigenvalue weighted by atomic mass is 10.0. The molecule has 0 amide bonds. The first-order chi connectivity index (χ1) is 16.0. The van der Waals surface area contributed by atoms with E-state index >= 15 is 0 Å². The van der Waals surface area contributed by atoms with Crippen molar-refractivity contribution in [1.29, 1.82) is 0 Å². The molecule has 2 aromatic carbocycles. The fourth-order valence-corrected chi connectivity index (χ4v) is 3.72. The van der Waals surface area contributed by atoms with Crippen molar-refractivity contribution in [1.82, 2.24) is 4.98 Å². The highest BCUT2D eigenvalue weighted by Gasteiger charge is 2.09. The average molecular weight is 468 g/mol. The molecule has 0 spiro atoms. The molecular weight excluding hydrogens is 438 g/mol. The summed E-state index contributed by atoms with van der Waals surface area (Å²) < 4.78 is 16.4. The second-order valence-electron chi connectivity index (χ2n) is 7.58. The Bertz CT molecular complexity index is 1080. The fraction of sp³-hybridized carbons (Fsp3) is 0.320.